The van der Waals surface area contributed by atoms with Crippen LogP contribution in [0.15, 0.2) is 28.7 Å². The molecular formula is C14H17BrN2O2. The number of nitrogens with zero attached hydrogens (tertiary/aromatic N) is 2. The highest BCUT2D eigenvalue weighted by molar-refractivity contribution is 9.10. The van der Waals surface area contributed by atoms with E-state index in [2.05, 4.69) is 21.0 Å². The second-order valence-electron chi connectivity index (χ2n) is 4.47. The molecule has 0 bridgehead atoms. The second kappa shape index (κ2) is 5.75. The summed E-state index contributed by atoms with van der Waals surface area (Å²) in [5, 5.41) is 14.0. The Balaban J connectivity index is 2.19. The molecule has 0 aliphatic carbocycles. The first-order chi connectivity index (χ1) is 9.00. The topological polar surface area (TPSA) is 47.3 Å². The summed E-state index contributed by atoms with van der Waals surface area (Å²) in [5.74, 6) is 0.697. The largest absolute Gasteiger partial charge is 0.487 e. The minimum Gasteiger partial charge on any atom is -0.487 e. The summed E-state index contributed by atoms with van der Waals surface area (Å²) in [5.41, 5.74) is 2.69. The lowest BCUT2D eigenvalue weighted by atomic mass is 10.1. The summed E-state index contributed by atoms with van der Waals surface area (Å²) in [6.45, 7) is 4.07. The van der Waals surface area contributed by atoms with Crippen molar-refractivity contribution in [1.82, 2.24) is 9.78 Å². The minimum absolute atomic E-state index is 0.404. The van der Waals surface area contributed by atoms with Crippen LogP contribution in [0.2, 0.25) is 0 Å². The van der Waals surface area contributed by atoms with Gasteiger partial charge < -0.3 is 9.84 Å². The zero-order chi connectivity index (χ0) is 14.0. The molecule has 2 rings (SSSR count). The smallest absolute Gasteiger partial charge is 0.131 e. The van der Waals surface area contributed by atoms with E-state index in [1.807, 2.05) is 38.2 Å². The Kier molecular flexibility index (Phi) is 4.27. The molecule has 2 aromatic rings. The number of aliphatic hydroxyl groups is 1. The van der Waals surface area contributed by atoms with Gasteiger partial charge in [0.1, 0.15) is 12.4 Å². The van der Waals surface area contributed by atoms with Gasteiger partial charge in [0.2, 0.25) is 0 Å². The van der Waals surface area contributed by atoms with Gasteiger partial charge in [0.25, 0.3) is 0 Å². The SMILES string of the molecule is Cc1nn(C)c(COc2ccccc2[C@@H](C)O)c1Br. The van der Waals surface area contributed by atoms with E-state index in [4.69, 9.17) is 4.74 Å². The first kappa shape index (κ1) is 14.1. The Morgan fingerprint density at radius 1 is 1.42 bits per heavy atom. The van der Waals surface area contributed by atoms with Gasteiger partial charge in [-0.15, -0.1) is 0 Å². The molecule has 1 aromatic carbocycles. The lowest BCUT2D eigenvalue weighted by Crippen LogP contribution is -2.05. The van der Waals surface area contributed by atoms with Gasteiger partial charge in [-0.05, 0) is 35.8 Å². The number of benzene rings is 1. The number of hydrogen-bond acceptors (Lipinski definition) is 3. The third-order valence-electron chi connectivity index (χ3n) is 3.00. The van der Waals surface area contributed by atoms with Crippen LogP contribution in [-0.4, -0.2) is 14.9 Å². The number of rotatable bonds is 4. The zero-order valence-corrected chi connectivity index (χ0v) is 12.8. The van der Waals surface area contributed by atoms with Gasteiger partial charge in [0.05, 0.1) is 22.0 Å². The summed E-state index contributed by atoms with van der Waals surface area (Å²) in [7, 11) is 1.89. The third kappa shape index (κ3) is 2.98. The average Bonchev–Trinajstić information content (AvgIpc) is 2.61. The van der Waals surface area contributed by atoms with Gasteiger partial charge in [-0.2, -0.15) is 5.10 Å². The number of aliphatic hydroxyl groups excluding tert-OH is 1. The molecule has 102 valence electrons. The molecule has 1 heterocycles. The van der Waals surface area contributed by atoms with Gasteiger partial charge in [-0.3, -0.25) is 4.68 Å². The Bertz CT molecular complexity index is 579. The molecule has 1 aromatic heterocycles. The van der Waals surface area contributed by atoms with Crippen LogP contribution in [0.1, 0.15) is 30.0 Å². The van der Waals surface area contributed by atoms with E-state index in [0.29, 0.717) is 12.4 Å². The Labute approximate surface area is 121 Å². The molecule has 0 aliphatic rings. The molecule has 1 atom stereocenters. The first-order valence-corrected chi connectivity index (χ1v) is 6.87. The van der Waals surface area contributed by atoms with E-state index in [0.717, 1.165) is 21.4 Å². The van der Waals surface area contributed by atoms with E-state index < -0.39 is 6.10 Å². The zero-order valence-electron chi connectivity index (χ0n) is 11.2. The number of aryl methyl sites for hydroxylation is 2. The normalized spacial score (nSPS) is 12.5. The number of para-hydroxylation sites is 1. The van der Waals surface area contributed by atoms with E-state index in [-0.39, 0.29) is 0 Å². The van der Waals surface area contributed by atoms with Crippen molar-refractivity contribution in [1.29, 1.82) is 0 Å². The van der Waals surface area contributed by atoms with Gasteiger partial charge in [0, 0.05) is 12.6 Å². The van der Waals surface area contributed by atoms with Crippen LogP contribution in [0.4, 0.5) is 0 Å². The molecule has 0 saturated heterocycles. The fourth-order valence-corrected chi connectivity index (χ4v) is 2.39. The molecule has 0 saturated carbocycles. The first-order valence-electron chi connectivity index (χ1n) is 6.08. The summed E-state index contributed by atoms with van der Waals surface area (Å²) < 4.78 is 8.57. The number of ether oxygens (including phenoxy) is 1. The molecule has 0 fully saturated rings. The molecule has 0 amide bonds. The van der Waals surface area contributed by atoms with Crippen LogP contribution < -0.4 is 4.74 Å². The predicted octanol–water partition coefficient (Wildman–Crippen LogP) is 3.12. The Hall–Kier alpha value is -1.33. The lowest BCUT2D eigenvalue weighted by Gasteiger charge is -2.13. The molecule has 1 N–H and O–H groups in total. The fraction of sp³-hybridized carbons (Fsp3) is 0.357. The molecule has 0 unspecified atom stereocenters. The van der Waals surface area contributed by atoms with Crippen molar-refractivity contribution in [3.8, 4) is 5.75 Å². The quantitative estimate of drug-likeness (QED) is 0.939. The summed E-state index contributed by atoms with van der Waals surface area (Å²) in [6, 6.07) is 7.51. The van der Waals surface area contributed by atoms with Gasteiger partial charge >= 0.3 is 0 Å². The van der Waals surface area contributed by atoms with Crippen LogP contribution >= 0.6 is 15.9 Å². The van der Waals surface area contributed by atoms with Crippen LogP contribution in [0.5, 0.6) is 5.75 Å². The van der Waals surface area contributed by atoms with E-state index >= 15 is 0 Å². The second-order valence-corrected chi connectivity index (χ2v) is 5.27. The molecule has 0 spiro atoms. The van der Waals surface area contributed by atoms with Crippen LogP contribution in [-0.2, 0) is 13.7 Å². The van der Waals surface area contributed by atoms with Gasteiger partial charge in [-0.1, -0.05) is 18.2 Å². The lowest BCUT2D eigenvalue weighted by molar-refractivity contribution is 0.189. The number of aromatic nitrogens is 2. The van der Waals surface area contributed by atoms with Crippen molar-refractivity contribution in [3.05, 3.63) is 45.7 Å². The number of halogens is 1. The molecule has 5 heteroatoms. The maximum atomic E-state index is 9.71. The van der Waals surface area contributed by atoms with Crippen LogP contribution in [0, 0.1) is 6.92 Å². The van der Waals surface area contributed by atoms with Crippen molar-refractivity contribution in [2.75, 3.05) is 0 Å². The van der Waals surface area contributed by atoms with Crippen molar-refractivity contribution >= 4 is 15.9 Å². The summed E-state index contributed by atoms with van der Waals surface area (Å²) >= 11 is 3.51. The highest BCUT2D eigenvalue weighted by atomic mass is 79.9. The van der Waals surface area contributed by atoms with E-state index in [1.54, 1.807) is 11.6 Å². The van der Waals surface area contributed by atoms with Crippen LogP contribution in [0.25, 0.3) is 0 Å². The van der Waals surface area contributed by atoms with Crippen LogP contribution in [0.3, 0.4) is 0 Å². The highest BCUT2D eigenvalue weighted by Gasteiger charge is 2.13. The Morgan fingerprint density at radius 2 is 2.11 bits per heavy atom. The van der Waals surface area contributed by atoms with E-state index in [9.17, 15) is 5.11 Å². The molecule has 0 aliphatic heterocycles. The summed E-state index contributed by atoms with van der Waals surface area (Å²) in [4.78, 5) is 0. The minimum atomic E-state index is -0.548. The maximum absolute atomic E-state index is 9.71. The summed E-state index contributed by atoms with van der Waals surface area (Å²) in [6.07, 6.45) is -0.548. The number of hydrogen-bond donors (Lipinski definition) is 1. The third-order valence-corrected chi connectivity index (χ3v) is 4.03. The van der Waals surface area contributed by atoms with Crippen molar-refractivity contribution in [3.63, 3.8) is 0 Å². The average molecular weight is 325 g/mol. The highest BCUT2D eigenvalue weighted by Crippen LogP contribution is 2.27. The maximum Gasteiger partial charge on any atom is 0.131 e. The molecule has 0 radical (unpaired) electrons. The van der Waals surface area contributed by atoms with Gasteiger partial charge in [0.15, 0.2) is 0 Å². The monoisotopic (exact) mass is 324 g/mol. The van der Waals surface area contributed by atoms with E-state index in [1.165, 1.54) is 0 Å². The molecular weight excluding hydrogens is 308 g/mol. The van der Waals surface area contributed by atoms with Crippen molar-refractivity contribution < 1.29 is 9.84 Å². The fourth-order valence-electron chi connectivity index (χ4n) is 1.94. The van der Waals surface area contributed by atoms with Crippen molar-refractivity contribution in [2.45, 2.75) is 26.6 Å². The standard InChI is InChI=1S/C14H17BrN2O2/c1-9-14(15)12(17(3)16-9)8-19-13-7-5-4-6-11(13)10(2)18/h4-7,10,18H,8H2,1-3H3/t10-/m1/s1. The van der Waals surface area contributed by atoms with Crippen molar-refractivity contribution in [2.24, 2.45) is 7.05 Å². The Morgan fingerprint density at radius 3 is 2.68 bits per heavy atom. The molecule has 19 heavy (non-hydrogen) atoms. The van der Waals surface area contributed by atoms with Gasteiger partial charge in [-0.25, -0.2) is 0 Å². The predicted molar refractivity (Wildman–Crippen MR) is 77.1 cm³/mol. The molecule has 4 nitrogen and oxygen atoms in total.